The van der Waals surface area contributed by atoms with E-state index < -0.39 is 5.91 Å². The zero-order valence-corrected chi connectivity index (χ0v) is 11.7. The first-order valence-electron chi connectivity index (χ1n) is 5.79. The van der Waals surface area contributed by atoms with E-state index in [0.29, 0.717) is 16.6 Å². The molecule has 0 aliphatic carbocycles. The fraction of sp³-hybridized carbons (Fsp3) is 0.308. The Hall–Kier alpha value is -1.95. The van der Waals surface area contributed by atoms with Crippen LogP contribution in [0, 0.1) is 0 Å². The van der Waals surface area contributed by atoms with E-state index in [-0.39, 0.29) is 5.41 Å². The summed E-state index contributed by atoms with van der Waals surface area (Å²) < 4.78 is 5.24. The van der Waals surface area contributed by atoms with Crippen LogP contribution in [0.2, 0.25) is 0 Å². The molecule has 6 heteroatoms. The summed E-state index contributed by atoms with van der Waals surface area (Å²) in [6, 6.07) is 3.41. The Labute approximate surface area is 115 Å². The van der Waals surface area contributed by atoms with Gasteiger partial charge in [0.1, 0.15) is 0 Å². The highest BCUT2D eigenvalue weighted by molar-refractivity contribution is 7.17. The van der Waals surface area contributed by atoms with Crippen LogP contribution in [0.1, 0.15) is 35.8 Å². The lowest BCUT2D eigenvalue weighted by Gasteiger charge is -2.17. The molecule has 0 spiro atoms. The molecule has 0 aliphatic rings. The standard InChI is InChI=1S/C13H15N3O2S/c1-4-7-13(2,3)12-15-11(18-16-12)9-6-5-8(19-9)10(14)17/h4-6H,1,7H2,2-3H3,(H2,14,17). The molecule has 5 nitrogen and oxygen atoms in total. The van der Waals surface area contributed by atoms with Crippen molar-refractivity contribution in [1.29, 1.82) is 0 Å². The highest BCUT2D eigenvalue weighted by atomic mass is 32.1. The lowest BCUT2D eigenvalue weighted by molar-refractivity contribution is 0.100. The minimum atomic E-state index is -0.456. The minimum Gasteiger partial charge on any atom is -0.365 e. The molecule has 1 amide bonds. The van der Waals surface area contributed by atoms with Crippen LogP contribution in [-0.2, 0) is 5.41 Å². The van der Waals surface area contributed by atoms with Crippen molar-refractivity contribution in [2.45, 2.75) is 25.7 Å². The van der Waals surface area contributed by atoms with Gasteiger partial charge in [0.2, 0.25) is 0 Å². The first-order valence-corrected chi connectivity index (χ1v) is 6.61. The maximum Gasteiger partial charge on any atom is 0.268 e. The molecule has 0 saturated heterocycles. The van der Waals surface area contributed by atoms with Gasteiger partial charge in [-0.25, -0.2) is 0 Å². The maximum atomic E-state index is 11.1. The number of hydrogen-bond acceptors (Lipinski definition) is 5. The normalized spacial score (nSPS) is 11.5. The zero-order valence-electron chi connectivity index (χ0n) is 10.8. The second kappa shape index (κ2) is 4.97. The van der Waals surface area contributed by atoms with E-state index in [1.165, 1.54) is 11.3 Å². The summed E-state index contributed by atoms with van der Waals surface area (Å²) in [6.45, 7) is 7.76. The molecule has 0 fully saturated rings. The number of rotatable bonds is 5. The third-order valence-electron chi connectivity index (χ3n) is 2.75. The topological polar surface area (TPSA) is 82.0 Å². The van der Waals surface area contributed by atoms with Gasteiger partial charge in [-0.05, 0) is 18.6 Å². The van der Waals surface area contributed by atoms with Crippen LogP contribution in [0.3, 0.4) is 0 Å². The van der Waals surface area contributed by atoms with Crippen molar-refractivity contribution in [3.8, 4) is 10.8 Å². The molecule has 0 saturated carbocycles. The van der Waals surface area contributed by atoms with Gasteiger partial charge >= 0.3 is 0 Å². The van der Waals surface area contributed by atoms with Crippen LogP contribution in [-0.4, -0.2) is 16.0 Å². The lowest BCUT2D eigenvalue weighted by atomic mass is 9.89. The fourth-order valence-corrected chi connectivity index (χ4v) is 2.42. The molecule has 0 atom stereocenters. The van der Waals surface area contributed by atoms with Crippen LogP contribution in [0.15, 0.2) is 29.3 Å². The number of aromatic nitrogens is 2. The van der Waals surface area contributed by atoms with E-state index in [9.17, 15) is 4.79 Å². The first-order chi connectivity index (χ1) is 8.94. The predicted octanol–water partition coefficient (Wildman–Crippen LogP) is 2.75. The van der Waals surface area contributed by atoms with Gasteiger partial charge < -0.3 is 10.3 Å². The molecule has 2 aromatic heterocycles. The maximum absolute atomic E-state index is 11.1. The molecule has 0 bridgehead atoms. The molecule has 2 rings (SSSR count). The molecule has 0 aromatic carbocycles. The number of primary amides is 1. The Balaban J connectivity index is 2.30. The summed E-state index contributed by atoms with van der Waals surface area (Å²) >= 11 is 1.24. The number of carbonyl (C=O) groups excluding carboxylic acids is 1. The largest absolute Gasteiger partial charge is 0.365 e. The van der Waals surface area contributed by atoms with Crippen LogP contribution >= 0.6 is 11.3 Å². The van der Waals surface area contributed by atoms with Gasteiger partial charge in [-0.2, -0.15) is 4.98 Å². The van der Waals surface area contributed by atoms with E-state index in [0.717, 1.165) is 11.3 Å². The minimum absolute atomic E-state index is 0.229. The number of hydrogen-bond donors (Lipinski definition) is 1. The SMILES string of the molecule is C=CCC(C)(C)c1noc(-c2ccc(C(N)=O)s2)n1. The van der Waals surface area contributed by atoms with Gasteiger partial charge in [-0.15, -0.1) is 17.9 Å². The summed E-state index contributed by atoms with van der Waals surface area (Å²) in [4.78, 5) is 16.6. The smallest absolute Gasteiger partial charge is 0.268 e. The molecular weight excluding hydrogens is 262 g/mol. The Bertz CT molecular complexity index is 613. The van der Waals surface area contributed by atoms with Crippen molar-refractivity contribution >= 4 is 17.2 Å². The first kappa shape index (κ1) is 13.5. The predicted molar refractivity (Wildman–Crippen MR) is 74.0 cm³/mol. The number of amides is 1. The molecule has 0 unspecified atom stereocenters. The van der Waals surface area contributed by atoms with Gasteiger partial charge in [0.15, 0.2) is 5.82 Å². The summed E-state index contributed by atoms with van der Waals surface area (Å²) in [6.07, 6.45) is 2.58. The van der Waals surface area contributed by atoms with E-state index in [1.54, 1.807) is 12.1 Å². The summed E-state index contributed by atoms with van der Waals surface area (Å²) in [5.41, 5.74) is 4.98. The van der Waals surface area contributed by atoms with Gasteiger partial charge in [-0.3, -0.25) is 4.79 Å². The Morgan fingerprint density at radius 2 is 2.32 bits per heavy atom. The van der Waals surface area contributed by atoms with Gasteiger partial charge in [0.25, 0.3) is 11.8 Å². The van der Waals surface area contributed by atoms with Crippen molar-refractivity contribution in [1.82, 2.24) is 10.1 Å². The van der Waals surface area contributed by atoms with E-state index in [2.05, 4.69) is 16.7 Å². The number of allylic oxidation sites excluding steroid dienone is 1. The number of thiophene rings is 1. The summed E-state index contributed by atoms with van der Waals surface area (Å²) in [5, 5.41) is 3.99. The number of carbonyl (C=O) groups is 1. The molecule has 0 aliphatic heterocycles. The average Bonchev–Trinajstić information content (AvgIpc) is 2.98. The van der Waals surface area contributed by atoms with Crippen molar-refractivity contribution < 1.29 is 9.32 Å². The van der Waals surface area contributed by atoms with Crippen molar-refractivity contribution in [2.75, 3.05) is 0 Å². The summed E-state index contributed by atoms with van der Waals surface area (Å²) in [7, 11) is 0. The molecule has 100 valence electrons. The molecule has 19 heavy (non-hydrogen) atoms. The highest BCUT2D eigenvalue weighted by Crippen LogP contribution is 2.30. The van der Waals surface area contributed by atoms with E-state index in [1.807, 2.05) is 19.9 Å². The third kappa shape index (κ3) is 2.73. The molecular formula is C13H15N3O2S. The number of nitrogens with zero attached hydrogens (tertiary/aromatic N) is 2. The Kier molecular flexibility index (Phi) is 3.53. The zero-order chi connectivity index (χ0) is 14.0. The highest BCUT2D eigenvalue weighted by Gasteiger charge is 2.26. The number of nitrogens with two attached hydrogens (primary N) is 1. The Morgan fingerprint density at radius 1 is 1.58 bits per heavy atom. The van der Waals surface area contributed by atoms with Gasteiger partial charge in [0, 0.05) is 5.41 Å². The summed E-state index contributed by atoms with van der Waals surface area (Å²) in [5.74, 6) is 0.573. The average molecular weight is 277 g/mol. The van der Waals surface area contributed by atoms with Crippen LogP contribution < -0.4 is 5.73 Å². The van der Waals surface area contributed by atoms with Crippen molar-refractivity contribution in [3.05, 3.63) is 35.5 Å². The van der Waals surface area contributed by atoms with Crippen molar-refractivity contribution in [2.24, 2.45) is 5.73 Å². The van der Waals surface area contributed by atoms with Crippen LogP contribution in [0.25, 0.3) is 10.8 Å². The van der Waals surface area contributed by atoms with Crippen LogP contribution in [0.5, 0.6) is 0 Å². The van der Waals surface area contributed by atoms with E-state index >= 15 is 0 Å². The molecule has 2 heterocycles. The van der Waals surface area contributed by atoms with Gasteiger partial charge in [0.05, 0.1) is 9.75 Å². The van der Waals surface area contributed by atoms with Crippen molar-refractivity contribution in [3.63, 3.8) is 0 Å². The second-order valence-corrected chi connectivity index (χ2v) is 5.91. The lowest BCUT2D eigenvalue weighted by Crippen LogP contribution is -2.17. The van der Waals surface area contributed by atoms with E-state index in [4.69, 9.17) is 10.3 Å². The molecule has 2 aromatic rings. The monoisotopic (exact) mass is 277 g/mol. The molecule has 2 N–H and O–H groups in total. The third-order valence-corrected chi connectivity index (χ3v) is 3.83. The second-order valence-electron chi connectivity index (χ2n) is 4.83. The quantitative estimate of drug-likeness (QED) is 0.852. The van der Waals surface area contributed by atoms with Gasteiger partial charge in [-0.1, -0.05) is 25.1 Å². The van der Waals surface area contributed by atoms with Crippen LogP contribution in [0.4, 0.5) is 0 Å². The Morgan fingerprint density at radius 3 is 2.89 bits per heavy atom. The molecule has 0 radical (unpaired) electrons. The fourth-order valence-electron chi connectivity index (χ4n) is 1.64.